The van der Waals surface area contributed by atoms with Gasteiger partial charge in [-0.2, -0.15) is 13.2 Å². The highest BCUT2D eigenvalue weighted by Crippen LogP contribution is 2.42. The summed E-state index contributed by atoms with van der Waals surface area (Å²) in [7, 11) is 0. The van der Waals surface area contributed by atoms with Crippen LogP contribution in [0, 0.1) is 11.8 Å². The van der Waals surface area contributed by atoms with Gasteiger partial charge >= 0.3 is 6.18 Å². The summed E-state index contributed by atoms with van der Waals surface area (Å²) in [5, 5.41) is 14.5. The van der Waals surface area contributed by atoms with E-state index in [2.05, 4.69) is 24.1 Å². The maximum absolute atomic E-state index is 13.0. The zero-order chi connectivity index (χ0) is 25.5. The van der Waals surface area contributed by atoms with E-state index in [0.29, 0.717) is 23.1 Å². The first-order valence-corrected chi connectivity index (χ1v) is 12.7. The zero-order valence-electron chi connectivity index (χ0n) is 20.2. The number of hydrogen-bond donors (Lipinski definition) is 2. The Kier molecular flexibility index (Phi) is 6.94. The third-order valence-electron chi connectivity index (χ3n) is 6.79. The number of thiazole rings is 1. The van der Waals surface area contributed by atoms with E-state index in [1.54, 1.807) is 37.3 Å². The number of benzene rings is 1. The molecule has 1 aliphatic rings. The Morgan fingerprint density at radius 1 is 1.11 bits per heavy atom. The number of hydrogen-bond acceptors (Lipinski definition) is 5. The SMILES string of the molecule is CC(C)[C@H]1CC[C@H](c2nc3cc(C(C)(C)O)c(NC(=O)c4cccc(C(F)(F)F)n4)cc3s2)CC1. The van der Waals surface area contributed by atoms with Gasteiger partial charge in [0.15, 0.2) is 0 Å². The molecule has 0 saturated heterocycles. The lowest BCUT2D eigenvalue weighted by Crippen LogP contribution is -2.22. The molecule has 2 N–H and O–H groups in total. The average Bonchev–Trinajstić information content (AvgIpc) is 3.20. The van der Waals surface area contributed by atoms with Crippen LogP contribution in [-0.2, 0) is 11.8 Å². The van der Waals surface area contributed by atoms with Gasteiger partial charge in [-0.15, -0.1) is 11.3 Å². The molecule has 1 aliphatic carbocycles. The second-order valence-corrected chi connectivity index (χ2v) is 11.3. The molecule has 0 radical (unpaired) electrons. The number of amides is 1. The fourth-order valence-corrected chi connectivity index (χ4v) is 5.87. The molecule has 1 fully saturated rings. The lowest BCUT2D eigenvalue weighted by Gasteiger charge is -2.29. The monoisotopic (exact) mass is 505 g/mol. The van der Waals surface area contributed by atoms with E-state index in [9.17, 15) is 23.1 Å². The van der Waals surface area contributed by atoms with Crippen LogP contribution >= 0.6 is 11.3 Å². The molecule has 3 aromatic rings. The number of aromatic nitrogens is 2. The van der Waals surface area contributed by atoms with Crippen LogP contribution in [0.1, 0.15) is 86.0 Å². The van der Waals surface area contributed by atoms with Crippen molar-refractivity contribution in [2.75, 3.05) is 5.32 Å². The molecule has 9 heteroatoms. The number of aliphatic hydroxyl groups is 1. The molecule has 5 nitrogen and oxygen atoms in total. The summed E-state index contributed by atoms with van der Waals surface area (Å²) in [5.41, 5.74) is -1.30. The van der Waals surface area contributed by atoms with E-state index < -0.39 is 23.4 Å². The van der Waals surface area contributed by atoms with Crippen molar-refractivity contribution in [2.45, 2.75) is 71.1 Å². The number of fused-ring (bicyclic) bond motifs is 1. The number of pyridine rings is 1. The van der Waals surface area contributed by atoms with Crippen molar-refractivity contribution in [3.63, 3.8) is 0 Å². The molecule has 35 heavy (non-hydrogen) atoms. The predicted octanol–water partition coefficient (Wildman–Crippen LogP) is 7.12. The highest BCUT2D eigenvalue weighted by molar-refractivity contribution is 7.18. The highest BCUT2D eigenvalue weighted by atomic mass is 32.1. The summed E-state index contributed by atoms with van der Waals surface area (Å²) in [5.74, 6) is 1.03. The van der Waals surface area contributed by atoms with E-state index in [1.807, 2.05) is 0 Å². The lowest BCUT2D eigenvalue weighted by molar-refractivity contribution is -0.141. The summed E-state index contributed by atoms with van der Waals surface area (Å²) in [6.45, 7) is 7.72. The molecule has 0 bridgehead atoms. The molecular weight excluding hydrogens is 475 g/mol. The first-order chi connectivity index (χ1) is 16.3. The van der Waals surface area contributed by atoms with Gasteiger partial charge in [-0.3, -0.25) is 4.79 Å². The summed E-state index contributed by atoms with van der Waals surface area (Å²) in [6.07, 6.45) is -0.116. The molecule has 2 aromatic heterocycles. The average molecular weight is 506 g/mol. The molecule has 4 rings (SSSR count). The second kappa shape index (κ2) is 9.50. The number of carbonyl (C=O) groups is 1. The normalized spacial score (nSPS) is 19.3. The topological polar surface area (TPSA) is 75.1 Å². The maximum atomic E-state index is 13.0. The molecule has 0 aliphatic heterocycles. The van der Waals surface area contributed by atoms with Crippen molar-refractivity contribution in [2.24, 2.45) is 11.8 Å². The van der Waals surface area contributed by atoms with Gasteiger partial charge < -0.3 is 10.4 Å². The second-order valence-electron chi connectivity index (χ2n) is 10.2. The van der Waals surface area contributed by atoms with Crippen molar-refractivity contribution in [1.29, 1.82) is 0 Å². The van der Waals surface area contributed by atoms with Gasteiger partial charge in [0.1, 0.15) is 11.4 Å². The van der Waals surface area contributed by atoms with E-state index in [4.69, 9.17) is 4.98 Å². The Hall–Kier alpha value is -2.52. The van der Waals surface area contributed by atoms with Crippen LogP contribution in [0.15, 0.2) is 30.3 Å². The number of rotatable bonds is 5. The van der Waals surface area contributed by atoms with Gasteiger partial charge in [-0.05, 0) is 75.6 Å². The van der Waals surface area contributed by atoms with Crippen LogP contribution in [0.2, 0.25) is 0 Å². The smallest absolute Gasteiger partial charge is 0.386 e. The Balaban J connectivity index is 1.64. The molecule has 1 saturated carbocycles. The van der Waals surface area contributed by atoms with Crippen molar-refractivity contribution >= 4 is 33.1 Å². The number of halogens is 3. The highest BCUT2D eigenvalue weighted by Gasteiger charge is 2.33. The van der Waals surface area contributed by atoms with Crippen molar-refractivity contribution in [1.82, 2.24) is 9.97 Å². The van der Waals surface area contributed by atoms with Crippen LogP contribution < -0.4 is 5.32 Å². The minimum atomic E-state index is -4.65. The van der Waals surface area contributed by atoms with Gasteiger partial charge in [0.05, 0.1) is 20.8 Å². The van der Waals surface area contributed by atoms with Crippen molar-refractivity contribution < 1.29 is 23.1 Å². The summed E-state index contributed by atoms with van der Waals surface area (Å²) in [4.78, 5) is 21.1. The van der Waals surface area contributed by atoms with Crippen molar-refractivity contribution in [3.05, 3.63) is 52.3 Å². The minimum absolute atomic E-state index is 0.327. The first kappa shape index (κ1) is 25.6. The molecule has 0 unspecified atom stereocenters. The summed E-state index contributed by atoms with van der Waals surface area (Å²) in [6, 6.07) is 6.69. The number of nitrogens with one attached hydrogen (secondary N) is 1. The van der Waals surface area contributed by atoms with Gasteiger partial charge in [0.25, 0.3) is 5.91 Å². The largest absolute Gasteiger partial charge is 0.433 e. The third-order valence-corrected chi connectivity index (χ3v) is 7.97. The molecule has 0 spiro atoms. The fourth-order valence-electron chi connectivity index (χ4n) is 4.71. The summed E-state index contributed by atoms with van der Waals surface area (Å²) < 4.78 is 40.0. The van der Waals surface area contributed by atoms with E-state index in [-0.39, 0.29) is 5.69 Å². The number of nitrogens with zero attached hydrogens (tertiary/aromatic N) is 2. The van der Waals surface area contributed by atoms with E-state index >= 15 is 0 Å². The van der Waals surface area contributed by atoms with Gasteiger partial charge in [-0.1, -0.05) is 19.9 Å². The molecule has 1 amide bonds. The minimum Gasteiger partial charge on any atom is -0.386 e. The van der Waals surface area contributed by atoms with E-state index in [0.717, 1.165) is 46.1 Å². The predicted molar refractivity (Wildman–Crippen MR) is 132 cm³/mol. The van der Waals surface area contributed by atoms with Crippen molar-refractivity contribution in [3.8, 4) is 0 Å². The van der Waals surface area contributed by atoms with Crippen LogP contribution in [-0.4, -0.2) is 21.0 Å². The molecule has 188 valence electrons. The third kappa shape index (κ3) is 5.67. The molecule has 0 atom stereocenters. The Bertz CT molecular complexity index is 1220. The quantitative estimate of drug-likeness (QED) is 0.387. The Morgan fingerprint density at radius 3 is 2.40 bits per heavy atom. The van der Waals surface area contributed by atoms with E-state index in [1.165, 1.54) is 18.9 Å². The fraction of sp³-hybridized carbons (Fsp3) is 0.500. The Labute approximate surface area is 206 Å². The van der Waals surface area contributed by atoms with Gasteiger partial charge in [-0.25, -0.2) is 9.97 Å². The number of anilines is 1. The Morgan fingerprint density at radius 2 is 1.80 bits per heavy atom. The zero-order valence-corrected chi connectivity index (χ0v) is 21.1. The molecule has 2 heterocycles. The number of alkyl halides is 3. The molecular formula is C26H30F3N3O2S. The van der Waals surface area contributed by atoms with Gasteiger partial charge in [0, 0.05) is 17.2 Å². The lowest BCUT2D eigenvalue weighted by atomic mass is 9.77. The molecule has 1 aromatic carbocycles. The van der Waals surface area contributed by atoms with Crippen LogP contribution in [0.25, 0.3) is 10.2 Å². The van der Waals surface area contributed by atoms with Crippen LogP contribution in [0.4, 0.5) is 18.9 Å². The number of carbonyl (C=O) groups excluding carboxylic acids is 1. The maximum Gasteiger partial charge on any atom is 0.433 e. The summed E-state index contributed by atoms with van der Waals surface area (Å²) >= 11 is 1.57. The standard InChI is InChI=1S/C26H30F3N3O2S/c1-14(2)15-8-10-16(11-9-15)24-32-20-12-17(25(3,4)34)19(13-21(20)35-24)31-23(33)18-6-5-7-22(30-18)26(27,28)29/h5-7,12-16,34H,8-11H2,1-4H3,(H,31,33)/t15-,16-. The first-order valence-electron chi connectivity index (χ1n) is 11.9. The van der Waals surface area contributed by atoms with Crippen LogP contribution in [0.5, 0.6) is 0 Å². The van der Waals surface area contributed by atoms with Gasteiger partial charge in [0.2, 0.25) is 0 Å². The van der Waals surface area contributed by atoms with Crippen LogP contribution in [0.3, 0.4) is 0 Å².